The number of aryl methyl sites for hydroxylation is 1. The largest absolute Gasteiger partial charge is 0.494 e. The highest BCUT2D eigenvalue weighted by molar-refractivity contribution is 5.86. The third-order valence-electron chi connectivity index (χ3n) is 4.13. The van der Waals surface area contributed by atoms with Crippen molar-refractivity contribution in [3.05, 3.63) is 35.9 Å². The maximum absolute atomic E-state index is 5.94. The Morgan fingerprint density at radius 1 is 0.739 bits per heavy atom. The first-order chi connectivity index (χ1) is 11.2. The minimum atomic E-state index is 0.803. The number of hydrogen-bond donors (Lipinski definition) is 0. The molecule has 0 unspecified atom stereocenters. The van der Waals surface area contributed by atoms with Gasteiger partial charge in [-0.25, -0.2) is 0 Å². The number of ether oxygens (including phenoxy) is 2. The summed E-state index contributed by atoms with van der Waals surface area (Å²) in [5.74, 6) is 1.97. The van der Waals surface area contributed by atoms with Crippen molar-refractivity contribution in [1.29, 1.82) is 0 Å². The van der Waals surface area contributed by atoms with Crippen LogP contribution in [0.1, 0.15) is 57.9 Å². The van der Waals surface area contributed by atoms with Crippen molar-refractivity contribution < 1.29 is 9.47 Å². The number of benzene rings is 2. The molecule has 0 bridgehead atoms. The van der Waals surface area contributed by atoms with Crippen LogP contribution >= 0.6 is 0 Å². The van der Waals surface area contributed by atoms with Crippen LogP contribution in [-0.4, -0.2) is 13.2 Å². The van der Waals surface area contributed by atoms with Gasteiger partial charge in [0.25, 0.3) is 0 Å². The third kappa shape index (κ3) is 5.46. The van der Waals surface area contributed by atoms with Gasteiger partial charge in [0.1, 0.15) is 11.5 Å². The highest BCUT2D eigenvalue weighted by atomic mass is 16.5. The summed E-state index contributed by atoms with van der Waals surface area (Å²) in [6, 6.07) is 10.7. The topological polar surface area (TPSA) is 18.5 Å². The summed E-state index contributed by atoms with van der Waals surface area (Å²) in [6.45, 7) is 8.14. The quantitative estimate of drug-likeness (QED) is 0.480. The molecule has 2 heteroatoms. The summed E-state index contributed by atoms with van der Waals surface area (Å²) in [5.41, 5.74) is 1.19. The van der Waals surface area contributed by atoms with Crippen molar-refractivity contribution in [1.82, 2.24) is 0 Å². The van der Waals surface area contributed by atoms with Crippen LogP contribution in [0.3, 0.4) is 0 Å². The Morgan fingerprint density at radius 2 is 1.43 bits per heavy atom. The van der Waals surface area contributed by atoms with E-state index < -0.39 is 0 Å². The van der Waals surface area contributed by atoms with Crippen LogP contribution in [-0.2, 0) is 0 Å². The molecule has 23 heavy (non-hydrogen) atoms. The molecule has 2 nitrogen and oxygen atoms in total. The van der Waals surface area contributed by atoms with E-state index in [1.165, 1.54) is 42.0 Å². The fourth-order valence-electron chi connectivity index (χ4n) is 2.69. The van der Waals surface area contributed by atoms with Gasteiger partial charge < -0.3 is 9.47 Å². The van der Waals surface area contributed by atoms with Crippen LogP contribution in [0.2, 0.25) is 0 Å². The molecule has 2 aromatic carbocycles. The second-order valence-corrected chi connectivity index (χ2v) is 6.24. The Morgan fingerprint density at radius 3 is 2.13 bits per heavy atom. The van der Waals surface area contributed by atoms with Gasteiger partial charge in [-0.05, 0) is 60.4 Å². The SMILES string of the molecule is CCCCCOc1ccc2cc(OCCCCC)c(C)cc2c1. The molecule has 0 spiro atoms. The second kappa shape index (κ2) is 9.44. The number of hydrogen-bond acceptors (Lipinski definition) is 2. The Kier molecular flexibility index (Phi) is 7.25. The minimum absolute atomic E-state index is 0.803. The Labute approximate surface area is 140 Å². The molecule has 0 aliphatic heterocycles. The first-order valence-electron chi connectivity index (χ1n) is 9.04. The predicted octanol–water partition coefficient (Wildman–Crippen LogP) is 6.29. The van der Waals surface area contributed by atoms with Gasteiger partial charge in [0.2, 0.25) is 0 Å². The van der Waals surface area contributed by atoms with Crippen LogP contribution in [0.15, 0.2) is 30.3 Å². The maximum atomic E-state index is 5.94. The zero-order chi connectivity index (χ0) is 16.5. The first kappa shape index (κ1) is 17.7. The molecular formula is C21H30O2. The van der Waals surface area contributed by atoms with Gasteiger partial charge in [-0.3, -0.25) is 0 Å². The van der Waals surface area contributed by atoms with Gasteiger partial charge in [0, 0.05) is 0 Å². The molecule has 0 N–H and O–H groups in total. The van der Waals surface area contributed by atoms with Gasteiger partial charge >= 0.3 is 0 Å². The van der Waals surface area contributed by atoms with Crippen molar-refractivity contribution in [3.63, 3.8) is 0 Å². The highest BCUT2D eigenvalue weighted by Gasteiger charge is 2.04. The molecule has 0 aromatic heterocycles. The molecule has 0 saturated heterocycles. The fraction of sp³-hybridized carbons (Fsp3) is 0.524. The summed E-state index contributed by atoms with van der Waals surface area (Å²) in [7, 11) is 0. The fourth-order valence-corrected chi connectivity index (χ4v) is 2.69. The summed E-state index contributed by atoms with van der Waals surface area (Å²) in [5, 5.41) is 2.43. The lowest BCUT2D eigenvalue weighted by Gasteiger charge is -2.12. The van der Waals surface area contributed by atoms with E-state index in [0.29, 0.717) is 0 Å². The summed E-state index contributed by atoms with van der Waals surface area (Å²) in [6.07, 6.45) is 7.15. The lowest BCUT2D eigenvalue weighted by atomic mass is 10.1. The van der Waals surface area contributed by atoms with Crippen LogP contribution in [0.5, 0.6) is 11.5 Å². The summed E-state index contributed by atoms with van der Waals surface area (Å²) in [4.78, 5) is 0. The monoisotopic (exact) mass is 314 g/mol. The van der Waals surface area contributed by atoms with Gasteiger partial charge in [-0.1, -0.05) is 45.6 Å². The molecule has 126 valence electrons. The number of fused-ring (bicyclic) bond motifs is 1. The molecule has 0 saturated carbocycles. The van der Waals surface area contributed by atoms with Crippen molar-refractivity contribution in [2.75, 3.05) is 13.2 Å². The van der Waals surface area contributed by atoms with Crippen molar-refractivity contribution in [2.45, 2.75) is 59.3 Å². The molecule has 0 atom stereocenters. The van der Waals surface area contributed by atoms with Crippen molar-refractivity contribution in [3.8, 4) is 11.5 Å². The Balaban J connectivity index is 2.02. The van der Waals surface area contributed by atoms with Crippen molar-refractivity contribution >= 4 is 10.8 Å². The molecule has 0 aliphatic carbocycles. The molecule has 0 fully saturated rings. The Hall–Kier alpha value is -1.70. The number of unbranched alkanes of at least 4 members (excludes halogenated alkanes) is 4. The third-order valence-corrected chi connectivity index (χ3v) is 4.13. The summed E-state index contributed by atoms with van der Waals surface area (Å²) < 4.78 is 11.8. The predicted molar refractivity (Wildman–Crippen MR) is 98.7 cm³/mol. The lowest BCUT2D eigenvalue weighted by molar-refractivity contribution is 0.304. The molecule has 0 heterocycles. The highest BCUT2D eigenvalue weighted by Crippen LogP contribution is 2.28. The van der Waals surface area contributed by atoms with E-state index in [1.807, 2.05) is 0 Å². The maximum Gasteiger partial charge on any atom is 0.122 e. The first-order valence-corrected chi connectivity index (χ1v) is 9.04. The van der Waals surface area contributed by atoms with Crippen molar-refractivity contribution in [2.24, 2.45) is 0 Å². The second-order valence-electron chi connectivity index (χ2n) is 6.24. The average Bonchev–Trinajstić information content (AvgIpc) is 2.56. The lowest BCUT2D eigenvalue weighted by Crippen LogP contribution is -1.99. The van der Waals surface area contributed by atoms with E-state index >= 15 is 0 Å². The van der Waals surface area contributed by atoms with E-state index in [-0.39, 0.29) is 0 Å². The van der Waals surface area contributed by atoms with E-state index in [1.54, 1.807) is 0 Å². The van der Waals surface area contributed by atoms with Crippen LogP contribution in [0.25, 0.3) is 10.8 Å². The zero-order valence-electron chi connectivity index (χ0n) is 14.9. The number of rotatable bonds is 10. The molecule has 2 aromatic rings. The minimum Gasteiger partial charge on any atom is -0.494 e. The average molecular weight is 314 g/mol. The molecule has 0 radical (unpaired) electrons. The summed E-state index contributed by atoms with van der Waals surface area (Å²) >= 11 is 0. The standard InChI is InChI=1S/C21H30O2/c1-4-6-8-12-22-20-11-10-18-16-21(23-13-9-7-5-2)17(3)14-19(18)15-20/h10-11,14-16H,4-9,12-13H2,1-3H3. The van der Waals surface area contributed by atoms with E-state index in [9.17, 15) is 0 Å². The van der Waals surface area contributed by atoms with Crippen LogP contribution in [0.4, 0.5) is 0 Å². The van der Waals surface area contributed by atoms with Gasteiger partial charge in [0.15, 0.2) is 0 Å². The smallest absolute Gasteiger partial charge is 0.122 e. The van der Waals surface area contributed by atoms with Gasteiger partial charge in [0.05, 0.1) is 13.2 Å². The molecule has 0 amide bonds. The normalized spacial score (nSPS) is 10.9. The van der Waals surface area contributed by atoms with E-state index in [0.717, 1.165) is 37.6 Å². The van der Waals surface area contributed by atoms with Gasteiger partial charge in [-0.15, -0.1) is 0 Å². The zero-order valence-corrected chi connectivity index (χ0v) is 14.9. The molecule has 2 rings (SSSR count). The van der Waals surface area contributed by atoms with E-state index in [2.05, 4.69) is 51.1 Å². The Bertz CT molecular complexity index is 604. The molecule has 0 aliphatic rings. The van der Waals surface area contributed by atoms with Gasteiger partial charge in [-0.2, -0.15) is 0 Å². The van der Waals surface area contributed by atoms with Crippen LogP contribution < -0.4 is 9.47 Å². The molecular weight excluding hydrogens is 284 g/mol. The van der Waals surface area contributed by atoms with Crippen LogP contribution in [0, 0.1) is 6.92 Å². The van der Waals surface area contributed by atoms with E-state index in [4.69, 9.17) is 9.47 Å².